The molecule has 1 amide bonds. The highest BCUT2D eigenvalue weighted by Crippen LogP contribution is 2.31. The van der Waals surface area contributed by atoms with E-state index in [4.69, 9.17) is 15.7 Å². The lowest BCUT2D eigenvalue weighted by Crippen LogP contribution is -2.13. The Labute approximate surface area is 110 Å². The van der Waals surface area contributed by atoms with Crippen LogP contribution in [0.25, 0.3) is 11.1 Å². The van der Waals surface area contributed by atoms with Gasteiger partial charge in [-0.3, -0.25) is 4.79 Å². The monoisotopic (exact) mass is 253 g/mol. The number of benzene rings is 1. The van der Waals surface area contributed by atoms with Gasteiger partial charge in [-0.25, -0.2) is 4.98 Å². The molecule has 19 heavy (non-hydrogen) atoms. The summed E-state index contributed by atoms with van der Waals surface area (Å²) < 4.78 is 5.25. The Bertz CT molecular complexity index is 675. The third kappa shape index (κ3) is 2.38. The van der Waals surface area contributed by atoms with Crippen LogP contribution in [-0.2, 0) is 0 Å². The van der Waals surface area contributed by atoms with E-state index in [-0.39, 0.29) is 11.3 Å². The molecule has 0 saturated heterocycles. The average Bonchev–Trinajstić information content (AvgIpc) is 2.46. The van der Waals surface area contributed by atoms with Gasteiger partial charge >= 0.3 is 0 Å². The summed E-state index contributed by atoms with van der Waals surface area (Å²) in [7, 11) is 1.54. The Hall–Kier alpha value is -2.87. The zero-order valence-corrected chi connectivity index (χ0v) is 10.3. The van der Waals surface area contributed by atoms with Crippen LogP contribution in [0.2, 0.25) is 0 Å². The van der Waals surface area contributed by atoms with Crippen molar-refractivity contribution in [1.29, 1.82) is 5.26 Å². The standard InChI is InChI=1S/C14H11N3O2/c1-19-13-5-3-2-4-10(13)12-8-17-9(7-15)6-11(12)14(16)18/h2-6,8H,1H3,(H2,16,18). The SMILES string of the molecule is COc1ccccc1-c1cnc(C#N)cc1C(N)=O. The number of aromatic nitrogens is 1. The lowest BCUT2D eigenvalue weighted by atomic mass is 10.00. The third-order valence-corrected chi connectivity index (χ3v) is 2.68. The predicted octanol–water partition coefficient (Wildman–Crippen LogP) is 1.73. The van der Waals surface area contributed by atoms with Crippen molar-refractivity contribution in [3.63, 3.8) is 0 Å². The zero-order valence-electron chi connectivity index (χ0n) is 10.3. The Morgan fingerprint density at radius 3 is 2.74 bits per heavy atom. The number of nitriles is 1. The summed E-state index contributed by atoms with van der Waals surface area (Å²) in [5, 5.41) is 8.82. The number of methoxy groups -OCH3 is 1. The van der Waals surface area contributed by atoms with Crippen LogP contribution in [0.15, 0.2) is 36.5 Å². The second kappa shape index (κ2) is 5.19. The fourth-order valence-electron chi connectivity index (χ4n) is 1.80. The molecule has 5 heteroatoms. The number of carbonyl (C=O) groups excluding carboxylic acids is 1. The van der Waals surface area contributed by atoms with Gasteiger partial charge in [0.05, 0.1) is 12.7 Å². The summed E-state index contributed by atoms with van der Waals surface area (Å²) in [6.07, 6.45) is 1.45. The maximum Gasteiger partial charge on any atom is 0.249 e. The van der Waals surface area contributed by atoms with Gasteiger partial charge in [-0.05, 0) is 12.1 Å². The highest BCUT2D eigenvalue weighted by atomic mass is 16.5. The molecule has 0 aliphatic heterocycles. The van der Waals surface area contributed by atoms with Gasteiger partial charge in [0.15, 0.2) is 0 Å². The summed E-state index contributed by atoms with van der Waals surface area (Å²) in [4.78, 5) is 15.5. The number of ether oxygens (including phenoxy) is 1. The number of rotatable bonds is 3. The molecule has 94 valence electrons. The molecule has 0 unspecified atom stereocenters. The number of nitrogens with two attached hydrogens (primary N) is 1. The maximum atomic E-state index is 11.5. The fourth-order valence-corrected chi connectivity index (χ4v) is 1.80. The summed E-state index contributed by atoms with van der Waals surface area (Å²) in [6, 6.07) is 10.5. The molecular weight excluding hydrogens is 242 g/mol. The van der Waals surface area contributed by atoms with E-state index in [1.807, 2.05) is 18.2 Å². The summed E-state index contributed by atoms with van der Waals surface area (Å²) in [5.41, 5.74) is 6.99. The largest absolute Gasteiger partial charge is 0.496 e. The molecule has 0 fully saturated rings. The second-order valence-electron chi connectivity index (χ2n) is 3.79. The topological polar surface area (TPSA) is 89.0 Å². The minimum atomic E-state index is -0.611. The van der Waals surface area contributed by atoms with Gasteiger partial charge in [0.25, 0.3) is 0 Å². The Balaban J connectivity index is 2.69. The molecule has 5 nitrogen and oxygen atoms in total. The molecule has 0 spiro atoms. The van der Waals surface area contributed by atoms with Crippen molar-refractivity contribution < 1.29 is 9.53 Å². The molecule has 1 aromatic carbocycles. The summed E-state index contributed by atoms with van der Waals surface area (Å²) >= 11 is 0. The van der Waals surface area contributed by atoms with E-state index >= 15 is 0 Å². The molecule has 0 radical (unpaired) electrons. The van der Waals surface area contributed by atoms with Gasteiger partial charge in [0.1, 0.15) is 17.5 Å². The first-order chi connectivity index (χ1) is 9.17. The molecule has 1 aromatic heterocycles. The van der Waals surface area contributed by atoms with E-state index in [0.29, 0.717) is 16.9 Å². The number of para-hydroxylation sites is 1. The number of amides is 1. The highest BCUT2D eigenvalue weighted by molar-refractivity contribution is 6.00. The maximum absolute atomic E-state index is 11.5. The zero-order chi connectivity index (χ0) is 13.8. The summed E-state index contributed by atoms with van der Waals surface area (Å²) in [5.74, 6) is -0.00341. The van der Waals surface area contributed by atoms with E-state index in [0.717, 1.165) is 0 Å². The van der Waals surface area contributed by atoms with Gasteiger partial charge in [-0.1, -0.05) is 18.2 Å². The molecular formula is C14H11N3O2. The van der Waals surface area contributed by atoms with Gasteiger partial charge in [0, 0.05) is 17.3 Å². The first-order valence-electron chi connectivity index (χ1n) is 5.50. The molecule has 0 aliphatic rings. The van der Waals surface area contributed by atoms with E-state index in [1.54, 1.807) is 19.2 Å². The molecule has 0 bridgehead atoms. The van der Waals surface area contributed by atoms with Crippen molar-refractivity contribution in [3.8, 4) is 22.9 Å². The predicted molar refractivity (Wildman–Crippen MR) is 69.5 cm³/mol. The van der Waals surface area contributed by atoms with E-state index in [9.17, 15) is 4.79 Å². The number of nitrogens with zero attached hydrogens (tertiary/aromatic N) is 2. The number of pyridine rings is 1. The Morgan fingerprint density at radius 2 is 2.11 bits per heavy atom. The first kappa shape index (κ1) is 12.6. The van der Waals surface area contributed by atoms with Crippen molar-refractivity contribution in [2.24, 2.45) is 5.73 Å². The van der Waals surface area contributed by atoms with E-state index in [2.05, 4.69) is 4.98 Å². The van der Waals surface area contributed by atoms with E-state index < -0.39 is 5.91 Å². The number of primary amides is 1. The fraction of sp³-hybridized carbons (Fsp3) is 0.0714. The molecule has 0 saturated carbocycles. The number of hydrogen-bond donors (Lipinski definition) is 1. The highest BCUT2D eigenvalue weighted by Gasteiger charge is 2.15. The van der Waals surface area contributed by atoms with Gasteiger partial charge in [-0.2, -0.15) is 5.26 Å². The minimum absolute atomic E-state index is 0.146. The van der Waals surface area contributed by atoms with Crippen LogP contribution in [0.1, 0.15) is 16.1 Å². The van der Waals surface area contributed by atoms with Crippen LogP contribution in [0.4, 0.5) is 0 Å². The minimum Gasteiger partial charge on any atom is -0.496 e. The lowest BCUT2D eigenvalue weighted by molar-refractivity contribution is 0.100. The molecule has 2 N–H and O–H groups in total. The number of carbonyl (C=O) groups is 1. The molecule has 2 aromatic rings. The van der Waals surface area contributed by atoms with Crippen molar-refractivity contribution >= 4 is 5.91 Å². The van der Waals surface area contributed by atoms with Gasteiger partial charge in [0.2, 0.25) is 5.91 Å². The average molecular weight is 253 g/mol. The van der Waals surface area contributed by atoms with Crippen molar-refractivity contribution in [2.75, 3.05) is 7.11 Å². The summed E-state index contributed by atoms with van der Waals surface area (Å²) in [6.45, 7) is 0. The number of hydrogen-bond acceptors (Lipinski definition) is 4. The van der Waals surface area contributed by atoms with Crippen LogP contribution in [0.3, 0.4) is 0 Å². The van der Waals surface area contributed by atoms with Gasteiger partial charge in [-0.15, -0.1) is 0 Å². The molecule has 2 rings (SSSR count). The van der Waals surface area contributed by atoms with Crippen LogP contribution < -0.4 is 10.5 Å². The normalized spacial score (nSPS) is 9.68. The third-order valence-electron chi connectivity index (χ3n) is 2.68. The second-order valence-corrected chi connectivity index (χ2v) is 3.79. The van der Waals surface area contributed by atoms with Crippen LogP contribution in [-0.4, -0.2) is 18.0 Å². The van der Waals surface area contributed by atoms with Crippen molar-refractivity contribution in [2.45, 2.75) is 0 Å². The van der Waals surface area contributed by atoms with Crippen LogP contribution in [0, 0.1) is 11.3 Å². The Morgan fingerprint density at radius 1 is 1.37 bits per heavy atom. The quantitative estimate of drug-likeness (QED) is 0.902. The van der Waals surface area contributed by atoms with Crippen molar-refractivity contribution in [3.05, 3.63) is 47.8 Å². The van der Waals surface area contributed by atoms with E-state index in [1.165, 1.54) is 12.3 Å². The van der Waals surface area contributed by atoms with Crippen molar-refractivity contribution in [1.82, 2.24) is 4.98 Å². The molecule has 0 atom stereocenters. The molecule has 0 aliphatic carbocycles. The van der Waals surface area contributed by atoms with Gasteiger partial charge < -0.3 is 10.5 Å². The smallest absolute Gasteiger partial charge is 0.249 e. The van der Waals surface area contributed by atoms with Crippen LogP contribution in [0.5, 0.6) is 5.75 Å². The first-order valence-corrected chi connectivity index (χ1v) is 5.50. The molecule has 1 heterocycles. The van der Waals surface area contributed by atoms with Crippen LogP contribution >= 0.6 is 0 Å². The Kier molecular flexibility index (Phi) is 3.44. The lowest BCUT2D eigenvalue weighted by Gasteiger charge is -2.10.